The number of nitrogens with one attached hydrogen (secondary N) is 2. The quantitative estimate of drug-likeness (QED) is 0.598. The van der Waals surface area contributed by atoms with Crippen molar-refractivity contribution in [2.45, 2.75) is 25.3 Å². The summed E-state index contributed by atoms with van der Waals surface area (Å²) in [6.07, 6.45) is 0.813. The molecule has 9 heteroatoms. The van der Waals surface area contributed by atoms with E-state index in [1.54, 1.807) is 25.3 Å². The highest BCUT2D eigenvalue weighted by molar-refractivity contribution is 6.42. The first-order valence-electron chi connectivity index (χ1n) is 9.37. The van der Waals surface area contributed by atoms with E-state index in [2.05, 4.69) is 10.6 Å². The Labute approximate surface area is 184 Å². The Morgan fingerprint density at radius 1 is 1.13 bits per heavy atom. The zero-order valence-corrected chi connectivity index (χ0v) is 17.8. The summed E-state index contributed by atoms with van der Waals surface area (Å²) in [5, 5.41) is 6.07. The van der Waals surface area contributed by atoms with Gasteiger partial charge < -0.3 is 15.4 Å². The molecule has 2 aromatic rings. The van der Waals surface area contributed by atoms with E-state index in [4.69, 9.17) is 27.9 Å². The third-order valence-electron chi connectivity index (χ3n) is 4.75. The highest BCUT2D eigenvalue weighted by atomic mass is 35.5. The molecule has 0 spiro atoms. The number of hydrogen-bond acceptors (Lipinski definition) is 4. The van der Waals surface area contributed by atoms with E-state index in [9.17, 15) is 14.4 Å². The highest BCUT2D eigenvalue weighted by Gasteiger charge is 2.37. The van der Waals surface area contributed by atoms with Crippen molar-refractivity contribution in [3.05, 3.63) is 58.1 Å². The van der Waals surface area contributed by atoms with Gasteiger partial charge in [0.1, 0.15) is 11.8 Å². The average molecular weight is 450 g/mol. The van der Waals surface area contributed by atoms with Crippen molar-refractivity contribution in [2.24, 2.45) is 0 Å². The number of ether oxygens (including phenoxy) is 1. The first kappa shape index (κ1) is 21.9. The molecular weight excluding hydrogens is 429 g/mol. The molecule has 0 radical (unpaired) electrons. The summed E-state index contributed by atoms with van der Waals surface area (Å²) in [5.41, 5.74) is 1.50. The van der Waals surface area contributed by atoms with Gasteiger partial charge in [-0.05, 0) is 48.7 Å². The smallest absolute Gasteiger partial charge is 0.324 e. The third-order valence-corrected chi connectivity index (χ3v) is 5.49. The molecule has 0 aliphatic carbocycles. The third kappa shape index (κ3) is 5.43. The fourth-order valence-corrected chi connectivity index (χ4v) is 3.39. The fourth-order valence-electron chi connectivity index (χ4n) is 3.09. The fraction of sp³-hybridized carbons (Fsp3) is 0.286. The molecule has 2 N–H and O–H groups in total. The summed E-state index contributed by atoms with van der Waals surface area (Å²) in [6.45, 7) is 0.267. The van der Waals surface area contributed by atoms with Crippen LogP contribution in [0.3, 0.4) is 0 Å². The molecular formula is C21H21Cl2N3O4. The highest BCUT2D eigenvalue weighted by Crippen LogP contribution is 2.25. The molecule has 4 amide bonds. The number of carbonyl (C=O) groups excluding carboxylic acids is 3. The summed E-state index contributed by atoms with van der Waals surface area (Å²) in [5.74, 6) is 0.135. The minimum Gasteiger partial charge on any atom is -0.497 e. The molecule has 1 atom stereocenters. The first-order valence-corrected chi connectivity index (χ1v) is 10.1. The number of nitrogens with zero attached hydrogens (tertiary/aromatic N) is 1. The van der Waals surface area contributed by atoms with Crippen LogP contribution in [0.2, 0.25) is 10.0 Å². The summed E-state index contributed by atoms with van der Waals surface area (Å²) in [7, 11) is 1.59. The lowest BCUT2D eigenvalue weighted by molar-refractivity contribution is -0.127. The summed E-state index contributed by atoms with van der Waals surface area (Å²) >= 11 is 11.8. The van der Waals surface area contributed by atoms with Crippen LogP contribution < -0.4 is 15.4 Å². The lowest BCUT2D eigenvalue weighted by Crippen LogP contribution is -2.33. The molecule has 3 rings (SSSR count). The first-order chi connectivity index (χ1) is 14.4. The number of carbonyl (C=O) groups is 3. The molecule has 0 bridgehead atoms. The van der Waals surface area contributed by atoms with Crippen LogP contribution in [0.25, 0.3) is 0 Å². The zero-order valence-electron chi connectivity index (χ0n) is 16.3. The number of urea groups is 1. The van der Waals surface area contributed by atoms with E-state index in [0.717, 1.165) is 11.3 Å². The molecule has 1 saturated heterocycles. The minimum atomic E-state index is -0.715. The van der Waals surface area contributed by atoms with E-state index < -0.39 is 12.1 Å². The number of rotatable bonds is 8. The van der Waals surface area contributed by atoms with Gasteiger partial charge in [0.2, 0.25) is 5.91 Å². The maximum atomic E-state index is 12.5. The predicted molar refractivity (Wildman–Crippen MR) is 115 cm³/mol. The second kappa shape index (κ2) is 9.82. The summed E-state index contributed by atoms with van der Waals surface area (Å²) < 4.78 is 5.12. The van der Waals surface area contributed by atoms with Crippen molar-refractivity contribution in [1.29, 1.82) is 0 Å². The molecule has 1 fully saturated rings. The predicted octanol–water partition coefficient (Wildman–Crippen LogP) is 3.88. The summed E-state index contributed by atoms with van der Waals surface area (Å²) in [6, 6.07) is 11.1. The van der Waals surface area contributed by atoms with Crippen molar-refractivity contribution in [3.8, 4) is 5.75 Å². The zero-order chi connectivity index (χ0) is 21.7. The van der Waals surface area contributed by atoms with Crippen LogP contribution in [0.15, 0.2) is 42.5 Å². The molecule has 1 aliphatic rings. The molecule has 0 aromatic heterocycles. The molecule has 0 unspecified atom stereocenters. The number of anilines is 1. The molecule has 1 aliphatic heterocycles. The SMILES string of the molecule is COc1ccc(CCN2C(=O)N[C@@H](CCC(=O)Nc3ccc(Cl)c(Cl)c3)C2=O)cc1. The van der Waals surface area contributed by atoms with Crippen LogP contribution in [0, 0.1) is 0 Å². The van der Waals surface area contributed by atoms with Gasteiger partial charge >= 0.3 is 6.03 Å². The Hall–Kier alpha value is -2.77. The van der Waals surface area contributed by atoms with Crippen LogP contribution in [-0.4, -0.2) is 42.4 Å². The second-order valence-electron chi connectivity index (χ2n) is 6.81. The van der Waals surface area contributed by atoms with Crippen LogP contribution in [0.4, 0.5) is 10.5 Å². The monoisotopic (exact) mass is 449 g/mol. The standard InChI is InChI=1S/C21H21Cl2N3O4/c1-30-15-5-2-13(3-6-15)10-11-26-20(28)18(25-21(26)29)8-9-19(27)24-14-4-7-16(22)17(23)12-14/h2-7,12,18H,8-11H2,1H3,(H,24,27)(H,25,29)/t18-/m0/s1. The van der Waals surface area contributed by atoms with Crippen molar-refractivity contribution < 1.29 is 19.1 Å². The second-order valence-corrected chi connectivity index (χ2v) is 7.62. The van der Waals surface area contributed by atoms with E-state index in [1.807, 2.05) is 24.3 Å². The van der Waals surface area contributed by atoms with E-state index >= 15 is 0 Å². The number of hydrogen-bond donors (Lipinski definition) is 2. The number of methoxy groups -OCH3 is 1. The van der Waals surface area contributed by atoms with Gasteiger partial charge in [0.05, 0.1) is 17.2 Å². The van der Waals surface area contributed by atoms with Gasteiger partial charge in [0.25, 0.3) is 5.91 Å². The maximum Gasteiger partial charge on any atom is 0.324 e. The van der Waals surface area contributed by atoms with Gasteiger partial charge in [-0.2, -0.15) is 0 Å². The van der Waals surface area contributed by atoms with Gasteiger partial charge in [-0.3, -0.25) is 14.5 Å². The molecule has 7 nitrogen and oxygen atoms in total. The molecule has 1 heterocycles. The maximum absolute atomic E-state index is 12.5. The normalized spacial score (nSPS) is 15.8. The van der Waals surface area contributed by atoms with Crippen LogP contribution in [-0.2, 0) is 16.0 Å². The van der Waals surface area contributed by atoms with Crippen molar-refractivity contribution >= 4 is 46.7 Å². The Morgan fingerprint density at radius 2 is 1.87 bits per heavy atom. The van der Waals surface area contributed by atoms with Crippen molar-refractivity contribution in [2.75, 3.05) is 19.0 Å². The largest absolute Gasteiger partial charge is 0.497 e. The van der Waals surface area contributed by atoms with E-state index in [1.165, 1.54) is 4.90 Å². The molecule has 30 heavy (non-hydrogen) atoms. The molecule has 0 saturated carbocycles. The Balaban J connectivity index is 1.48. The van der Waals surface area contributed by atoms with E-state index in [-0.39, 0.29) is 31.2 Å². The van der Waals surface area contributed by atoms with Crippen molar-refractivity contribution in [3.63, 3.8) is 0 Å². The van der Waals surface area contributed by atoms with Crippen LogP contribution in [0.1, 0.15) is 18.4 Å². The molecule has 2 aromatic carbocycles. The lowest BCUT2D eigenvalue weighted by Gasteiger charge is -2.13. The summed E-state index contributed by atoms with van der Waals surface area (Å²) in [4.78, 5) is 38.1. The van der Waals surface area contributed by atoms with Crippen LogP contribution in [0.5, 0.6) is 5.75 Å². The van der Waals surface area contributed by atoms with Gasteiger partial charge in [-0.15, -0.1) is 0 Å². The van der Waals surface area contributed by atoms with E-state index in [0.29, 0.717) is 22.2 Å². The van der Waals surface area contributed by atoms with Gasteiger partial charge in [0, 0.05) is 18.7 Å². The number of benzene rings is 2. The number of imide groups is 1. The number of amides is 4. The molecule has 158 valence electrons. The Morgan fingerprint density at radius 3 is 2.53 bits per heavy atom. The Bertz CT molecular complexity index is 950. The van der Waals surface area contributed by atoms with Crippen molar-refractivity contribution in [1.82, 2.24) is 10.2 Å². The average Bonchev–Trinajstić information content (AvgIpc) is 3.01. The van der Waals surface area contributed by atoms with Gasteiger partial charge in [-0.1, -0.05) is 35.3 Å². The topological polar surface area (TPSA) is 87.7 Å². The number of halogens is 2. The minimum absolute atomic E-state index is 0.0727. The van der Waals surface area contributed by atoms with Crippen LogP contribution >= 0.6 is 23.2 Å². The Kier molecular flexibility index (Phi) is 7.18. The van der Waals surface area contributed by atoms with Gasteiger partial charge in [0.15, 0.2) is 0 Å². The van der Waals surface area contributed by atoms with Gasteiger partial charge in [-0.25, -0.2) is 4.79 Å². The lowest BCUT2D eigenvalue weighted by atomic mass is 10.1.